The van der Waals surface area contributed by atoms with E-state index in [0.29, 0.717) is 38.5 Å². The highest BCUT2D eigenvalue weighted by atomic mass is 32.3. The largest absolute Gasteiger partial charge is 0.460 e. The predicted octanol–water partition coefficient (Wildman–Crippen LogP) is 10.00. The molecule has 0 saturated carbocycles. The van der Waals surface area contributed by atoms with E-state index < -0.39 is 43.7 Å². The summed E-state index contributed by atoms with van der Waals surface area (Å²) < 4.78 is 151. The number of halogens is 9. The van der Waals surface area contributed by atoms with Crippen molar-refractivity contribution in [3.05, 3.63) is 0 Å². The Balaban J connectivity index is 6.25. The van der Waals surface area contributed by atoms with Gasteiger partial charge in [0, 0.05) is 17.3 Å². The van der Waals surface area contributed by atoms with Crippen LogP contribution in [0.25, 0.3) is 0 Å². The van der Waals surface area contributed by atoms with Crippen LogP contribution in [0.3, 0.4) is 0 Å². The minimum Gasteiger partial charge on any atom is -0.215 e. The monoisotopic (exact) mass is 614 g/mol. The van der Waals surface area contributed by atoms with Crippen molar-refractivity contribution in [1.82, 2.24) is 0 Å². The summed E-state index contributed by atoms with van der Waals surface area (Å²) in [7, 11) is -9.94. The first-order valence-corrected chi connectivity index (χ1v) is 16.8. The zero-order valence-electron chi connectivity index (χ0n) is 22.5. The maximum Gasteiger partial charge on any atom is 0.460 e. The summed E-state index contributed by atoms with van der Waals surface area (Å²) in [4.78, 5) is 0. The minimum absolute atomic E-state index is 0.0477. The molecule has 0 heterocycles. The Kier molecular flexibility index (Phi) is 16.0. The smallest absolute Gasteiger partial charge is 0.215 e. The molecular weight excluding hydrogens is 571 g/mol. The predicted molar refractivity (Wildman–Crippen MR) is 135 cm³/mol. The molecule has 232 valence electrons. The highest BCUT2D eigenvalue weighted by Gasteiger charge is 2.86. The van der Waals surface area contributed by atoms with Gasteiger partial charge in [-0.1, -0.05) is 91.4 Å². The van der Waals surface area contributed by atoms with Crippen molar-refractivity contribution in [2.45, 2.75) is 134 Å². The van der Waals surface area contributed by atoms with Gasteiger partial charge in [-0.25, -0.2) is 3.63 Å². The van der Waals surface area contributed by atoms with E-state index in [4.69, 9.17) is 3.63 Å². The molecule has 0 N–H and O–H groups in total. The molecule has 0 aromatic heterocycles. The van der Waals surface area contributed by atoms with E-state index in [1.807, 2.05) is 20.8 Å². The second-order valence-corrected chi connectivity index (χ2v) is 14.8. The van der Waals surface area contributed by atoms with E-state index in [2.05, 4.69) is 0 Å². The van der Waals surface area contributed by atoms with Crippen LogP contribution in [0, 0.1) is 0 Å². The normalized spacial score (nSPS) is 14.7. The van der Waals surface area contributed by atoms with Crippen LogP contribution in [0.4, 0.5) is 39.5 Å². The summed E-state index contributed by atoms with van der Waals surface area (Å²) in [5.41, 5.74) is 0. The van der Waals surface area contributed by atoms with Crippen LogP contribution >= 0.6 is 10.3 Å². The summed E-state index contributed by atoms with van der Waals surface area (Å²) in [6, 6.07) is 0. The second kappa shape index (κ2) is 16.2. The number of unbranched alkanes of at least 4 members (excludes halogenated alkanes) is 11. The van der Waals surface area contributed by atoms with Gasteiger partial charge in [0.2, 0.25) is 0 Å². The zero-order valence-corrected chi connectivity index (χ0v) is 24.1. The van der Waals surface area contributed by atoms with Gasteiger partial charge in [-0.2, -0.15) is 47.9 Å². The molecule has 0 rings (SSSR count). The Bertz CT molecular complexity index is 746. The van der Waals surface area contributed by atoms with Gasteiger partial charge >= 0.3 is 33.4 Å². The average Bonchev–Trinajstić information content (AvgIpc) is 2.80. The molecule has 0 fully saturated rings. The molecule has 0 radical (unpaired) electrons. The van der Waals surface area contributed by atoms with Gasteiger partial charge in [0.1, 0.15) is 0 Å². The topological polar surface area (TPSA) is 43.4 Å². The molecule has 0 aliphatic rings. The molecule has 14 heteroatoms. The molecule has 0 aromatic carbocycles. The van der Waals surface area contributed by atoms with Crippen molar-refractivity contribution in [2.24, 2.45) is 0 Å². The van der Waals surface area contributed by atoms with Crippen LogP contribution < -0.4 is 0 Å². The number of alkyl halides is 9. The van der Waals surface area contributed by atoms with Crippen molar-refractivity contribution < 1.29 is 51.6 Å². The standard InChI is InChI=1S/C24H43F9O3S2/c1-4-7-10-13-14-17-20-37(18-15-11-8-5-2,19-16-12-9-6-3)36-38(34,35)24(32,33)22(27,28)21(25,26)23(29,30)31/h4-20H2,1-3H3. The molecule has 3 nitrogen and oxygen atoms in total. The molecule has 0 aliphatic carbocycles. The maximum absolute atomic E-state index is 14.5. The number of rotatable bonds is 22. The first kappa shape index (κ1) is 37.6. The lowest BCUT2D eigenvalue weighted by atomic mass is 10.1. The molecule has 0 amide bonds. The Labute approximate surface area is 223 Å². The van der Waals surface area contributed by atoms with Crippen LogP contribution in [-0.4, -0.2) is 49.0 Å². The minimum atomic E-state index is -7.31. The van der Waals surface area contributed by atoms with Gasteiger partial charge in [0.25, 0.3) is 0 Å². The summed E-state index contributed by atoms with van der Waals surface area (Å²) in [5, 5.41) is -6.81. The highest BCUT2D eigenvalue weighted by molar-refractivity contribution is 8.33. The van der Waals surface area contributed by atoms with Gasteiger partial charge in [0.15, 0.2) is 0 Å². The fourth-order valence-corrected chi connectivity index (χ4v) is 9.81. The molecule has 38 heavy (non-hydrogen) atoms. The number of hydrogen-bond donors (Lipinski definition) is 0. The van der Waals surface area contributed by atoms with E-state index in [1.54, 1.807) is 0 Å². The Hall–Kier alpha value is -0.370. The van der Waals surface area contributed by atoms with Crippen LogP contribution in [0.2, 0.25) is 0 Å². The maximum atomic E-state index is 14.5. The molecule has 0 aromatic rings. The Morgan fingerprint density at radius 3 is 1.16 bits per heavy atom. The summed E-state index contributed by atoms with van der Waals surface area (Å²) in [6.45, 7) is 5.79. The van der Waals surface area contributed by atoms with Crippen molar-refractivity contribution in [1.29, 1.82) is 0 Å². The third kappa shape index (κ3) is 10.2. The molecule has 0 unspecified atom stereocenters. The lowest BCUT2D eigenvalue weighted by Gasteiger charge is -2.41. The van der Waals surface area contributed by atoms with Crippen molar-refractivity contribution >= 4 is 20.4 Å². The van der Waals surface area contributed by atoms with Gasteiger partial charge in [0.05, 0.1) is 0 Å². The first-order chi connectivity index (χ1) is 17.4. The molecule has 0 aliphatic heterocycles. The summed E-state index contributed by atoms with van der Waals surface area (Å²) in [6.07, 6.45) is 2.14. The van der Waals surface area contributed by atoms with Crippen molar-refractivity contribution in [3.8, 4) is 0 Å². The van der Waals surface area contributed by atoms with Gasteiger partial charge in [-0.05, 0) is 19.3 Å². The van der Waals surface area contributed by atoms with Crippen LogP contribution in [-0.2, 0) is 13.7 Å². The van der Waals surface area contributed by atoms with E-state index >= 15 is 0 Å². The van der Waals surface area contributed by atoms with E-state index in [1.165, 1.54) is 0 Å². The van der Waals surface area contributed by atoms with E-state index in [0.717, 1.165) is 51.4 Å². The quantitative estimate of drug-likeness (QED) is 0.0901. The Morgan fingerprint density at radius 1 is 0.500 bits per heavy atom. The second-order valence-electron chi connectivity index (χ2n) is 9.65. The molecule has 0 atom stereocenters. The summed E-state index contributed by atoms with van der Waals surface area (Å²) in [5.74, 6) is -14.7. The third-order valence-corrected chi connectivity index (χ3v) is 12.1. The van der Waals surface area contributed by atoms with Crippen molar-refractivity contribution in [3.63, 3.8) is 0 Å². The SMILES string of the molecule is CCCCCCCCS(CCCCCC)(CCCCCC)OS(=O)(=O)C(F)(F)C(F)(F)C(F)(F)C(F)(F)F. The molecule has 0 spiro atoms. The summed E-state index contributed by atoms with van der Waals surface area (Å²) >= 11 is 0. The van der Waals surface area contributed by atoms with Crippen LogP contribution in [0.5, 0.6) is 0 Å². The van der Waals surface area contributed by atoms with Crippen LogP contribution in [0.15, 0.2) is 0 Å². The average molecular weight is 615 g/mol. The van der Waals surface area contributed by atoms with Gasteiger partial charge in [-0.3, -0.25) is 0 Å². The molecule has 0 saturated heterocycles. The van der Waals surface area contributed by atoms with Gasteiger partial charge in [-0.15, -0.1) is 10.3 Å². The Morgan fingerprint density at radius 2 is 0.816 bits per heavy atom. The van der Waals surface area contributed by atoms with Gasteiger partial charge < -0.3 is 0 Å². The van der Waals surface area contributed by atoms with E-state index in [-0.39, 0.29) is 17.3 Å². The number of hydrogen-bond acceptors (Lipinski definition) is 3. The lowest BCUT2D eigenvalue weighted by molar-refractivity contribution is -0.382. The third-order valence-electron chi connectivity index (χ3n) is 6.27. The highest BCUT2D eigenvalue weighted by Crippen LogP contribution is 2.59. The fraction of sp³-hybridized carbons (Fsp3) is 1.00. The van der Waals surface area contributed by atoms with Crippen molar-refractivity contribution in [2.75, 3.05) is 17.3 Å². The van der Waals surface area contributed by atoms with Crippen LogP contribution in [0.1, 0.15) is 111 Å². The fourth-order valence-electron chi connectivity index (χ4n) is 3.89. The zero-order chi connectivity index (χ0) is 29.7. The molecular formula is C24H43F9O3S2. The van der Waals surface area contributed by atoms with E-state index in [9.17, 15) is 47.9 Å². The molecule has 0 bridgehead atoms. The lowest BCUT2D eigenvalue weighted by Crippen LogP contribution is -2.63. The first-order valence-electron chi connectivity index (χ1n) is 13.3.